The number of para-hydroxylation sites is 1. The Hall–Kier alpha value is -2.39. The highest BCUT2D eigenvalue weighted by molar-refractivity contribution is 8.15. The van der Waals surface area contributed by atoms with Gasteiger partial charge in [-0.1, -0.05) is 41.6 Å². The lowest BCUT2D eigenvalue weighted by molar-refractivity contribution is -0.114. The molecular weight excluding hydrogens is 413 g/mol. The molecule has 1 amide bonds. The van der Waals surface area contributed by atoms with Gasteiger partial charge < -0.3 is 10.2 Å². The van der Waals surface area contributed by atoms with E-state index in [4.69, 9.17) is 0 Å². The van der Waals surface area contributed by atoms with Crippen LogP contribution in [0.15, 0.2) is 53.5 Å². The van der Waals surface area contributed by atoms with Crippen molar-refractivity contribution in [3.63, 3.8) is 0 Å². The lowest BCUT2D eigenvalue weighted by atomic mass is 10.2. The number of amides is 1. The number of sulfone groups is 1. The van der Waals surface area contributed by atoms with Gasteiger partial charge >= 0.3 is 0 Å². The van der Waals surface area contributed by atoms with Crippen molar-refractivity contribution in [2.45, 2.75) is 18.2 Å². The van der Waals surface area contributed by atoms with Gasteiger partial charge in [0.25, 0.3) is 0 Å². The number of anilines is 2. The van der Waals surface area contributed by atoms with Crippen molar-refractivity contribution >= 4 is 44.0 Å². The average molecular weight is 434 g/mol. The zero-order valence-corrected chi connectivity index (χ0v) is 17.3. The Morgan fingerprint density at radius 3 is 2.62 bits per heavy atom. The van der Waals surface area contributed by atoms with Crippen LogP contribution in [0.2, 0.25) is 0 Å². The number of rotatable bonds is 4. The van der Waals surface area contributed by atoms with E-state index in [9.17, 15) is 17.6 Å². The van der Waals surface area contributed by atoms with E-state index in [0.717, 1.165) is 5.56 Å². The molecule has 152 valence electrons. The van der Waals surface area contributed by atoms with Crippen molar-refractivity contribution in [2.24, 2.45) is 4.99 Å². The Balaban J connectivity index is 1.57. The summed E-state index contributed by atoms with van der Waals surface area (Å²) in [6.45, 7) is 1.82. The van der Waals surface area contributed by atoms with Crippen molar-refractivity contribution in [3.05, 3.63) is 59.9 Å². The van der Waals surface area contributed by atoms with Crippen molar-refractivity contribution in [1.82, 2.24) is 0 Å². The molecule has 2 atom stereocenters. The summed E-state index contributed by atoms with van der Waals surface area (Å²) in [7, 11) is -3.09. The number of amidine groups is 1. The fourth-order valence-corrected chi connectivity index (χ4v) is 7.15. The number of hydrogen-bond donors (Lipinski definition) is 1. The first-order valence-corrected chi connectivity index (χ1v) is 11.8. The molecule has 6 nitrogen and oxygen atoms in total. The third kappa shape index (κ3) is 4.45. The number of benzene rings is 2. The van der Waals surface area contributed by atoms with Gasteiger partial charge in [0.1, 0.15) is 12.4 Å². The van der Waals surface area contributed by atoms with Gasteiger partial charge in [0, 0.05) is 10.9 Å². The standard InChI is InChI=1S/C20H20FN3O3S2/c1-13-6-8-14(9-7-13)22-19(25)10-24(17-5-3-2-4-15(17)21)20-23-16-11-29(26,27)12-18(16)28-20/h2-9,16,18H,10-12H2,1H3,(H,22,25)/t16-,18+/m0/s1. The highest BCUT2D eigenvalue weighted by Gasteiger charge is 2.44. The van der Waals surface area contributed by atoms with Crippen LogP contribution in [0.4, 0.5) is 15.8 Å². The zero-order valence-electron chi connectivity index (χ0n) is 15.7. The first-order chi connectivity index (χ1) is 13.8. The van der Waals surface area contributed by atoms with Crippen LogP contribution in [0.3, 0.4) is 0 Å². The topological polar surface area (TPSA) is 78.8 Å². The Bertz CT molecular complexity index is 1070. The maximum Gasteiger partial charge on any atom is 0.244 e. The number of nitrogens with one attached hydrogen (secondary N) is 1. The summed E-state index contributed by atoms with van der Waals surface area (Å²) in [6.07, 6.45) is 0. The van der Waals surface area contributed by atoms with E-state index in [1.165, 1.54) is 22.7 Å². The van der Waals surface area contributed by atoms with Gasteiger partial charge in [-0.15, -0.1) is 0 Å². The Morgan fingerprint density at radius 1 is 1.21 bits per heavy atom. The van der Waals surface area contributed by atoms with E-state index in [1.807, 2.05) is 19.1 Å². The molecule has 0 bridgehead atoms. The van der Waals surface area contributed by atoms with Crippen molar-refractivity contribution in [3.8, 4) is 0 Å². The number of fused-ring (bicyclic) bond motifs is 1. The van der Waals surface area contributed by atoms with Crippen molar-refractivity contribution in [2.75, 3.05) is 28.3 Å². The molecule has 2 aromatic carbocycles. The molecule has 2 heterocycles. The van der Waals surface area contributed by atoms with Crippen LogP contribution in [-0.4, -0.2) is 48.8 Å². The molecule has 0 aromatic heterocycles. The predicted molar refractivity (Wildman–Crippen MR) is 115 cm³/mol. The van der Waals surface area contributed by atoms with Crippen LogP contribution in [0.1, 0.15) is 5.56 Å². The van der Waals surface area contributed by atoms with E-state index in [1.54, 1.807) is 30.3 Å². The summed E-state index contributed by atoms with van der Waals surface area (Å²) < 4.78 is 38.2. The molecule has 0 aliphatic carbocycles. The first kappa shape index (κ1) is 19.9. The van der Waals surface area contributed by atoms with E-state index in [2.05, 4.69) is 10.3 Å². The van der Waals surface area contributed by atoms with Gasteiger partial charge in [-0.3, -0.25) is 9.79 Å². The summed E-state index contributed by atoms with van der Waals surface area (Å²) in [5, 5.41) is 3.09. The number of halogens is 1. The summed E-state index contributed by atoms with van der Waals surface area (Å²) in [5.41, 5.74) is 1.97. The molecule has 29 heavy (non-hydrogen) atoms. The lowest BCUT2D eigenvalue weighted by Gasteiger charge is -2.24. The van der Waals surface area contributed by atoms with Crippen LogP contribution < -0.4 is 10.2 Å². The predicted octanol–water partition coefficient (Wildman–Crippen LogP) is 2.85. The molecule has 0 radical (unpaired) electrons. The fourth-order valence-electron chi connectivity index (χ4n) is 3.38. The normalized spacial score (nSPS) is 22.1. The molecule has 1 N–H and O–H groups in total. The third-order valence-corrected chi connectivity index (χ3v) is 8.06. The second-order valence-corrected chi connectivity index (χ2v) is 10.5. The van der Waals surface area contributed by atoms with E-state index >= 15 is 0 Å². The Morgan fingerprint density at radius 2 is 1.93 bits per heavy atom. The SMILES string of the molecule is Cc1ccc(NC(=O)CN(C2=N[C@H]3CS(=O)(=O)C[C@H]3S2)c2ccccc2F)cc1. The lowest BCUT2D eigenvalue weighted by Crippen LogP contribution is -2.37. The second kappa shape index (κ2) is 7.79. The maximum absolute atomic E-state index is 14.5. The first-order valence-electron chi connectivity index (χ1n) is 9.14. The minimum Gasteiger partial charge on any atom is -0.325 e. The van der Waals surface area contributed by atoms with Gasteiger partial charge in [0.05, 0.1) is 23.2 Å². The molecule has 1 fully saturated rings. The highest BCUT2D eigenvalue weighted by Crippen LogP contribution is 2.37. The maximum atomic E-state index is 14.5. The Labute approximate surface area is 173 Å². The molecule has 4 rings (SSSR count). The molecule has 9 heteroatoms. The average Bonchev–Trinajstić information content (AvgIpc) is 3.16. The van der Waals surface area contributed by atoms with Crippen LogP contribution in [-0.2, 0) is 14.6 Å². The third-order valence-electron chi connectivity index (χ3n) is 4.82. The molecule has 0 unspecified atom stereocenters. The number of hydrogen-bond acceptors (Lipinski definition) is 6. The summed E-state index contributed by atoms with van der Waals surface area (Å²) in [4.78, 5) is 18.7. The van der Waals surface area contributed by atoms with E-state index < -0.39 is 15.7 Å². The zero-order chi connectivity index (χ0) is 20.6. The monoisotopic (exact) mass is 433 g/mol. The molecular formula is C20H20FN3O3S2. The van der Waals surface area contributed by atoms with Gasteiger partial charge in [0.2, 0.25) is 5.91 Å². The van der Waals surface area contributed by atoms with Crippen LogP contribution >= 0.6 is 11.8 Å². The van der Waals surface area contributed by atoms with Gasteiger partial charge in [-0.25, -0.2) is 12.8 Å². The van der Waals surface area contributed by atoms with Crippen LogP contribution in [0, 0.1) is 12.7 Å². The van der Waals surface area contributed by atoms with Crippen molar-refractivity contribution < 1.29 is 17.6 Å². The quantitative estimate of drug-likeness (QED) is 0.802. The van der Waals surface area contributed by atoms with E-state index in [0.29, 0.717) is 10.9 Å². The molecule has 2 aromatic rings. The summed E-state index contributed by atoms with van der Waals surface area (Å²) >= 11 is 1.30. The van der Waals surface area contributed by atoms with Crippen LogP contribution in [0.25, 0.3) is 0 Å². The minimum absolute atomic E-state index is 0.00512. The minimum atomic E-state index is -3.09. The molecule has 2 aliphatic heterocycles. The van der Waals surface area contributed by atoms with Crippen molar-refractivity contribution in [1.29, 1.82) is 0 Å². The number of carbonyl (C=O) groups excluding carboxylic acids is 1. The smallest absolute Gasteiger partial charge is 0.244 e. The van der Waals surface area contributed by atoms with Gasteiger partial charge in [-0.05, 0) is 31.2 Å². The number of aryl methyl sites for hydroxylation is 1. The largest absolute Gasteiger partial charge is 0.325 e. The number of nitrogens with zero attached hydrogens (tertiary/aromatic N) is 2. The van der Waals surface area contributed by atoms with Gasteiger partial charge in [-0.2, -0.15) is 0 Å². The molecule has 0 spiro atoms. The van der Waals surface area contributed by atoms with Crippen LogP contribution in [0.5, 0.6) is 0 Å². The number of aliphatic imine (C=N–C) groups is 1. The molecule has 2 aliphatic rings. The number of carbonyl (C=O) groups is 1. The van der Waals surface area contributed by atoms with E-state index in [-0.39, 0.29) is 40.9 Å². The second-order valence-electron chi connectivity index (χ2n) is 7.16. The summed E-state index contributed by atoms with van der Waals surface area (Å²) in [6, 6.07) is 13.2. The fraction of sp³-hybridized carbons (Fsp3) is 0.300. The summed E-state index contributed by atoms with van der Waals surface area (Å²) in [5.74, 6) is -0.737. The molecule has 1 saturated heterocycles. The Kier molecular flexibility index (Phi) is 5.35. The highest BCUT2D eigenvalue weighted by atomic mass is 32.2. The van der Waals surface area contributed by atoms with Gasteiger partial charge in [0.15, 0.2) is 15.0 Å². The number of thioether (sulfide) groups is 1. The molecule has 0 saturated carbocycles.